The van der Waals surface area contributed by atoms with Crippen molar-refractivity contribution in [3.63, 3.8) is 0 Å². The average Bonchev–Trinajstić information content (AvgIpc) is 3.41. The maximum atomic E-state index is 13.6. The number of aliphatic carboxylic acids is 1. The van der Waals surface area contributed by atoms with Crippen LogP contribution in [0.4, 0.5) is 0 Å². The van der Waals surface area contributed by atoms with Gasteiger partial charge in [0.1, 0.15) is 17.8 Å². The van der Waals surface area contributed by atoms with E-state index in [2.05, 4.69) is 10.0 Å². The lowest BCUT2D eigenvalue weighted by molar-refractivity contribution is -0.139. The summed E-state index contributed by atoms with van der Waals surface area (Å²) in [7, 11) is -8.69. The first kappa shape index (κ1) is 34.2. The second-order valence-electron chi connectivity index (χ2n) is 11.0. The van der Waals surface area contributed by atoms with Gasteiger partial charge in [-0.25, -0.2) is 21.6 Å². The number of carboxylic acid groups (broad SMARTS) is 1. The minimum Gasteiger partial charge on any atom is -0.480 e. The highest BCUT2D eigenvalue weighted by Gasteiger charge is 2.41. The number of guanidine groups is 1. The number of carbonyl (C=O) groups is 3. The normalized spacial score (nSPS) is 20.8. The lowest BCUT2D eigenvalue weighted by Crippen LogP contribution is -2.57. The van der Waals surface area contributed by atoms with E-state index in [9.17, 15) is 36.3 Å². The van der Waals surface area contributed by atoms with E-state index in [1.165, 1.54) is 0 Å². The number of rotatable bonds is 14. The topological polar surface area (TPSA) is 240 Å². The molecule has 0 aromatic heterocycles. The molecule has 2 heterocycles. The van der Waals surface area contributed by atoms with Crippen LogP contribution in [0.3, 0.4) is 0 Å². The van der Waals surface area contributed by atoms with Gasteiger partial charge >= 0.3 is 5.97 Å². The van der Waals surface area contributed by atoms with Crippen molar-refractivity contribution >= 4 is 43.6 Å². The van der Waals surface area contributed by atoms with Gasteiger partial charge in [0.2, 0.25) is 21.8 Å². The second kappa shape index (κ2) is 14.9. The Morgan fingerprint density at radius 2 is 1.74 bits per heavy atom. The molecule has 15 nitrogen and oxygen atoms in total. The van der Waals surface area contributed by atoms with E-state index >= 15 is 0 Å². The summed E-state index contributed by atoms with van der Waals surface area (Å²) in [5.74, 6) is -6.16. The summed E-state index contributed by atoms with van der Waals surface area (Å²) in [5.41, 5.74) is 5.99. The van der Waals surface area contributed by atoms with Gasteiger partial charge in [-0.2, -0.15) is 0 Å². The first-order valence-corrected chi connectivity index (χ1v) is 17.4. The number of hydrogen-bond acceptors (Lipinski definition) is 9. The zero-order valence-corrected chi connectivity index (χ0v) is 25.4. The van der Waals surface area contributed by atoms with Crippen molar-refractivity contribution in [3.8, 4) is 0 Å². The van der Waals surface area contributed by atoms with Crippen molar-refractivity contribution < 1.29 is 41.4 Å². The van der Waals surface area contributed by atoms with Gasteiger partial charge in [-0.15, -0.1) is 0 Å². The molecule has 1 aromatic carbocycles. The minimum atomic E-state index is -4.42. The quantitative estimate of drug-likeness (QED) is 0.0999. The Labute approximate surface area is 251 Å². The van der Waals surface area contributed by atoms with Gasteiger partial charge in [-0.1, -0.05) is 30.3 Å². The number of aliphatic hydroxyl groups excluding tert-OH is 1. The molecule has 4 atom stereocenters. The van der Waals surface area contributed by atoms with E-state index < -0.39 is 73.0 Å². The molecule has 17 heteroatoms. The van der Waals surface area contributed by atoms with Crippen molar-refractivity contribution in [2.24, 2.45) is 11.7 Å². The van der Waals surface area contributed by atoms with Gasteiger partial charge in [-0.3, -0.25) is 19.8 Å². The highest BCUT2D eigenvalue weighted by atomic mass is 32.2. The van der Waals surface area contributed by atoms with Gasteiger partial charge in [0.05, 0.1) is 24.2 Å². The zero-order chi connectivity index (χ0) is 31.8. The van der Waals surface area contributed by atoms with Crippen molar-refractivity contribution in [1.82, 2.24) is 19.8 Å². The summed E-state index contributed by atoms with van der Waals surface area (Å²) in [6, 6.07) is 4.44. The molecule has 0 aliphatic carbocycles. The Bertz CT molecular complexity index is 1370. The van der Waals surface area contributed by atoms with Crippen LogP contribution >= 0.6 is 0 Å². The maximum absolute atomic E-state index is 13.6. The number of nitrogens with zero attached hydrogens (tertiary/aromatic N) is 2. The van der Waals surface area contributed by atoms with Gasteiger partial charge in [0, 0.05) is 19.6 Å². The first-order chi connectivity index (χ1) is 20.2. The molecule has 0 radical (unpaired) electrons. The zero-order valence-electron chi connectivity index (χ0n) is 23.7. The Kier molecular flexibility index (Phi) is 11.9. The van der Waals surface area contributed by atoms with Gasteiger partial charge in [0.15, 0.2) is 15.8 Å². The Hall–Kier alpha value is -3.28. The highest BCUT2D eigenvalue weighted by molar-refractivity contribution is 7.92. The van der Waals surface area contributed by atoms with Crippen molar-refractivity contribution in [1.29, 1.82) is 5.41 Å². The molecule has 7 N–H and O–H groups in total. The lowest BCUT2D eigenvalue weighted by Gasteiger charge is -2.35. The molecular weight excluding hydrogens is 604 g/mol. The fourth-order valence-corrected chi connectivity index (χ4v) is 8.23. The van der Waals surface area contributed by atoms with Crippen molar-refractivity contribution in [2.45, 2.75) is 56.0 Å². The molecule has 1 aromatic rings. The molecule has 240 valence electrons. The predicted octanol–water partition coefficient (Wildman–Crippen LogP) is -1.56. The molecular formula is C26H40N6O9S2. The van der Waals surface area contributed by atoms with Crippen LogP contribution in [-0.2, 0) is 40.0 Å². The number of aliphatic hydroxyl groups is 1. The number of piperidine rings is 1. The summed E-state index contributed by atoms with van der Waals surface area (Å²) in [6.45, 7) is 0.829. The average molecular weight is 645 g/mol. The van der Waals surface area contributed by atoms with Crippen LogP contribution < -0.4 is 15.8 Å². The number of likely N-dealkylation sites (tertiary alicyclic amines) is 2. The molecule has 2 fully saturated rings. The van der Waals surface area contributed by atoms with Crippen LogP contribution in [0.2, 0.25) is 0 Å². The predicted molar refractivity (Wildman–Crippen MR) is 157 cm³/mol. The molecule has 43 heavy (non-hydrogen) atoms. The molecule has 2 aliphatic rings. The number of sulfonamides is 1. The monoisotopic (exact) mass is 644 g/mol. The van der Waals surface area contributed by atoms with Crippen LogP contribution in [0.5, 0.6) is 0 Å². The Morgan fingerprint density at radius 1 is 1.07 bits per heavy atom. The molecule has 3 rings (SSSR count). The number of amides is 2. The smallest absolute Gasteiger partial charge is 0.318 e. The lowest BCUT2D eigenvalue weighted by atomic mass is 9.91. The second-order valence-corrected chi connectivity index (χ2v) is 14.9. The van der Waals surface area contributed by atoms with Crippen LogP contribution in [0.25, 0.3) is 0 Å². The molecule has 4 unspecified atom stereocenters. The molecule has 2 saturated heterocycles. The van der Waals surface area contributed by atoms with Crippen LogP contribution in [0, 0.1) is 11.3 Å². The number of hydrogen-bond donors (Lipinski definition) is 6. The summed E-state index contributed by atoms with van der Waals surface area (Å²) in [6.07, 6.45) is 2.63. The van der Waals surface area contributed by atoms with E-state index in [4.69, 9.17) is 16.2 Å². The van der Waals surface area contributed by atoms with E-state index in [0.29, 0.717) is 31.5 Å². The summed E-state index contributed by atoms with van der Waals surface area (Å²) >= 11 is 0. The maximum Gasteiger partial charge on any atom is 0.318 e. The first-order valence-electron chi connectivity index (χ1n) is 14.0. The summed E-state index contributed by atoms with van der Waals surface area (Å²) in [4.78, 5) is 40.9. The summed E-state index contributed by atoms with van der Waals surface area (Å²) in [5, 5.41) is 29.4. The number of nitrogens with two attached hydrogens (primary N) is 1. The fraction of sp³-hybridized carbons (Fsp3) is 0.615. The van der Waals surface area contributed by atoms with E-state index in [1.54, 1.807) is 35.2 Å². The Morgan fingerprint density at radius 3 is 2.37 bits per heavy atom. The number of sulfone groups is 1. The van der Waals surface area contributed by atoms with Gasteiger partial charge < -0.3 is 31.1 Å². The van der Waals surface area contributed by atoms with Gasteiger partial charge in [-0.05, 0) is 43.6 Å². The summed E-state index contributed by atoms with van der Waals surface area (Å²) < 4.78 is 53.2. The van der Waals surface area contributed by atoms with E-state index in [-0.39, 0.29) is 31.4 Å². The van der Waals surface area contributed by atoms with E-state index in [0.717, 1.165) is 17.7 Å². The SMILES string of the molecule is N=C(N)N1CCCC(CC(CO)NC(=O)C2CCCN2C(=O)C(CS(=O)(=O)CC(=O)O)NS(=O)(=O)Cc2ccccc2)C1. The standard InChI is InChI=1S/C26H40N6O9S2/c27-26(28)31-10-4-8-19(13-31)12-20(14-33)29-24(36)22-9-5-11-32(22)25(37)21(16-42(38,39)17-23(34)35)30-43(40,41)15-18-6-2-1-3-7-18/h1-3,6-7,19-22,30,33H,4-5,8-17H2,(H3,27,28)(H,29,36)(H,34,35). The third kappa shape index (κ3) is 10.4. The molecule has 2 aliphatic heterocycles. The van der Waals surface area contributed by atoms with Crippen LogP contribution in [0.15, 0.2) is 30.3 Å². The third-order valence-electron chi connectivity index (χ3n) is 7.47. The number of nitrogens with one attached hydrogen (secondary N) is 3. The van der Waals surface area contributed by atoms with Gasteiger partial charge in [0.25, 0.3) is 0 Å². The largest absolute Gasteiger partial charge is 0.480 e. The van der Waals surface area contributed by atoms with Crippen LogP contribution in [0.1, 0.15) is 37.7 Å². The molecule has 0 spiro atoms. The third-order valence-corrected chi connectivity index (χ3v) is 10.4. The van der Waals surface area contributed by atoms with Crippen LogP contribution in [-0.4, -0.2) is 116 Å². The molecule has 2 amide bonds. The Balaban J connectivity index is 1.75. The number of carbonyl (C=O) groups excluding carboxylic acids is 2. The number of carboxylic acids is 1. The fourth-order valence-electron chi connectivity index (χ4n) is 5.57. The molecule has 0 saturated carbocycles. The molecule has 0 bridgehead atoms. The van der Waals surface area contributed by atoms with Crippen molar-refractivity contribution in [2.75, 3.05) is 37.7 Å². The minimum absolute atomic E-state index is 0.0475. The van der Waals surface area contributed by atoms with Crippen molar-refractivity contribution in [3.05, 3.63) is 35.9 Å². The van der Waals surface area contributed by atoms with E-state index in [1.807, 2.05) is 0 Å². The number of benzene rings is 1. The highest BCUT2D eigenvalue weighted by Crippen LogP contribution is 2.23.